The van der Waals surface area contributed by atoms with E-state index < -0.39 is 0 Å². The Labute approximate surface area is 108 Å². The lowest BCUT2D eigenvalue weighted by Crippen LogP contribution is -2.29. The van der Waals surface area contributed by atoms with E-state index in [0.717, 1.165) is 12.8 Å². The second kappa shape index (κ2) is 3.01. The van der Waals surface area contributed by atoms with Gasteiger partial charge in [0.1, 0.15) is 11.7 Å². The summed E-state index contributed by atoms with van der Waals surface area (Å²) in [6.45, 7) is 8.47. The Morgan fingerprint density at radius 1 is 1.44 bits per heavy atom. The number of carbonyl (C=O) groups excluding carboxylic acids is 1. The van der Waals surface area contributed by atoms with E-state index in [0.29, 0.717) is 17.4 Å². The minimum Gasteiger partial charge on any atom is -0.458 e. The Hall–Kier alpha value is -0.830. The molecule has 4 aliphatic rings. The molecular weight excluding hydrogens is 228 g/mol. The van der Waals surface area contributed by atoms with Crippen LogP contribution in [0, 0.1) is 17.8 Å². The first-order valence-electron chi connectivity index (χ1n) is 7.07. The maximum Gasteiger partial charge on any atom is 0.334 e. The number of epoxide rings is 1. The smallest absolute Gasteiger partial charge is 0.334 e. The summed E-state index contributed by atoms with van der Waals surface area (Å²) in [5.41, 5.74) is 0.752. The second-order valence-electron chi connectivity index (χ2n) is 6.86. The van der Waals surface area contributed by atoms with E-state index >= 15 is 0 Å². The molecule has 2 aliphatic heterocycles. The predicted molar refractivity (Wildman–Crippen MR) is 65.9 cm³/mol. The summed E-state index contributed by atoms with van der Waals surface area (Å²) in [6.07, 6.45) is 4.39. The van der Waals surface area contributed by atoms with Crippen molar-refractivity contribution in [3.05, 3.63) is 12.2 Å². The van der Waals surface area contributed by atoms with Crippen molar-refractivity contribution < 1.29 is 14.3 Å². The van der Waals surface area contributed by atoms with E-state index in [1.807, 2.05) is 0 Å². The minimum absolute atomic E-state index is 0.0166. The topological polar surface area (TPSA) is 38.8 Å². The van der Waals surface area contributed by atoms with E-state index in [4.69, 9.17) is 9.47 Å². The van der Waals surface area contributed by atoms with Crippen LogP contribution in [0.2, 0.25) is 0 Å². The summed E-state index contributed by atoms with van der Waals surface area (Å²) in [6, 6.07) is 0. The van der Waals surface area contributed by atoms with E-state index in [-0.39, 0.29) is 29.2 Å². The van der Waals surface area contributed by atoms with Crippen molar-refractivity contribution in [2.45, 2.75) is 56.8 Å². The Kier molecular flexibility index (Phi) is 1.84. The van der Waals surface area contributed by atoms with Gasteiger partial charge in [-0.1, -0.05) is 13.5 Å². The van der Waals surface area contributed by atoms with Gasteiger partial charge >= 0.3 is 5.97 Å². The predicted octanol–water partition coefficient (Wildman–Crippen LogP) is 2.45. The van der Waals surface area contributed by atoms with Crippen LogP contribution in [0.5, 0.6) is 0 Å². The fourth-order valence-corrected chi connectivity index (χ4v) is 4.92. The highest BCUT2D eigenvalue weighted by Gasteiger charge is 2.76. The van der Waals surface area contributed by atoms with E-state index in [9.17, 15) is 4.79 Å². The van der Waals surface area contributed by atoms with Crippen LogP contribution in [-0.4, -0.2) is 23.3 Å². The highest BCUT2D eigenvalue weighted by molar-refractivity contribution is 5.90. The fraction of sp³-hybridized carbons (Fsp3) is 0.800. The van der Waals surface area contributed by atoms with Crippen LogP contribution in [-0.2, 0) is 14.3 Å². The van der Waals surface area contributed by atoms with E-state index in [1.54, 1.807) is 0 Å². The van der Waals surface area contributed by atoms with Gasteiger partial charge in [-0.05, 0) is 44.4 Å². The Morgan fingerprint density at radius 3 is 2.94 bits per heavy atom. The lowest BCUT2D eigenvalue weighted by Gasteiger charge is -2.24. The SMILES string of the molecule is C=C1C(=O)O[C@H]2CC(C)C3CC[C@@]4(C)O[C@@]34CC12. The summed E-state index contributed by atoms with van der Waals surface area (Å²) in [5.74, 6) is 1.21. The summed E-state index contributed by atoms with van der Waals surface area (Å²) >= 11 is 0. The van der Waals surface area contributed by atoms with E-state index in [2.05, 4.69) is 20.4 Å². The van der Waals surface area contributed by atoms with Gasteiger partial charge < -0.3 is 9.47 Å². The van der Waals surface area contributed by atoms with Gasteiger partial charge in [0.2, 0.25) is 0 Å². The molecule has 2 heterocycles. The van der Waals surface area contributed by atoms with Crippen molar-refractivity contribution in [2.75, 3.05) is 0 Å². The number of rotatable bonds is 0. The third-order valence-electron chi connectivity index (χ3n) is 6.02. The average Bonchev–Trinajstić information content (AvgIpc) is 2.72. The normalized spacial score (nSPS) is 57.4. The third-order valence-corrected chi connectivity index (χ3v) is 6.02. The molecule has 0 aromatic carbocycles. The van der Waals surface area contributed by atoms with Gasteiger partial charge in [-0.25, -0.2) is 4.79 Å². The van der Waals surface area contributed by atoms with Gasteiger partial charge in [-0.15, -0.1) is 0 Å². The van der Waals surface area contributed by atoms with Gasteiger partial charge in [-0.3, -0.25) is 0 Å². The van der Waals surface area contributed by atoms with Gasteiger partial charge in [-0.2, -0.15) is 0 Å². The zero-order chi connectivity index (χ0) is 12.7. The zero-order valence-corrected chi connectivity index (χ0v) is 11.1. The summed E-state index contributed by atoms with van der Waals surface area (Å²) in [4.78, 5) is 11.7. The molecule has 3 unspecified atom stereocenters. The zero-order valence-electron chi connectivity index (χ0n) is 11.1. The maximum absolute atomic E-state index is 11.7. The Morgan fingerprint density at radius 2 is 2.22 bits per heavy atom. The molecular formula is C15H20O3. The van der Waals surface area contributed by atoms with Crippen molar-refractivity contribution >= 4 is 5.97 Å². The first-order chi connectivity index (χ1) is 8.47. The maximum atomic E-state index is 11.7. The molecule has 0 aromatic heterocycles. The monoisotopic (exact) mass is 248 g/mol. The van der Waals surface area contributed by atoms with Gasteiger partial charge in [0, 0.05) is 11.5 Å². The second-order valence-corrected chi connectivity index (χ2v) is 6.86. The van der Waals surface area contributed by atoms with Crippen LogP contribution in [0.1, 0.15) is 39.5 Å². The third kappa shape index (κ3) is 1.08. The fourth-order valence-electron chi connectivity index (χ4n) is 4.92. The average molecular weight is 248 g/mol. The highest BCUT2D eigenvalue weighted by Crippen LogP contribution is 2.69. The molecule has 2 saturated heterocycles. The highest BCUT2D eigenvalue weighted by atomic mass is 16.6. The number of fused-ring (bicyclic) bond motifs is 1. The Balaban J connectivity index is 1.73. The van der Waals surface area contributed by atoms with Crippen molar-refractivity contribution in [2.24, 2.45) is 17.8 Å². The molecule has 0 N–H and O–H groups in total. The number of hydrogen-bond donors (Lipinski definition) is 0. The van der Waals surface area contributed by atoms with Crippen LogP contribution in [0.4, 0.5) is 0 Å². The number of ether oxygens (including phenoxy) is 2. The molecule has 0 radical (unpaired) electrons. The van der Waals surface area contributed by atoms with Gasteiger partial charge in [0.25, 0.3) is 0 Å². The minimum atomic E-state index is -0.188. The van der Waals surface area contributed by atoms with Crippen molar-refractivity contribution in [3.8, 4) is 0 Å². The van der Waals surface area contributed by atoms with Gasteiger partial charge in [0.05, 0.1) is 5.60 Å². The van der Waals surface area contributed by atoms with Gasteiger partial charge in [0.15, 0.2) is 0 Å². The largest absolute Gasteiger partial charge is 0.458 e. The molecule has 4 fully saturated rings. The molecule has 98 valence electrons. The van der Waals surface area contributed by atoms with Crippen molar-refractivity contribution in [1.29, 1.82) is 0 Å². The van der Waals surface area contributed by atoms with Crippen molar-refractivity contribution in [1.82, 2.24) is 0 Å². The van der Waals surface area contributed by atoms with Crippen LogP contribution >= 0.6 is 0 Å². The molecule has 18 heavy (non-hydrogen) atoms. The lowest BCUT2D eigenvalue weighted by atomic mass is 9.79. The number of hydrogen-bond acceptors (Lipinski definition) is 3. The van der Waals surface area contributed by atoms with E-state index in [1.165, 1.54) is 12.8 Å². The lowest BCUT2D eigenvalue weighted by molar-refractivity contribution is -0.139. The van der Waals surface area contributed by atoms with Crippen LogP contribution in [0.15, 0.2) is 12.2 Å². The quantitative estimate of drug-likeness (QED) is 0.375. The standard InChI is InChI=1S/C15H20O3/c1-8-6-12-10(9(2)13(16)17-12)7-15-11(8)4-5-14(15,3)18-15/h8,10-12H,2,4-7H2,1,3H3/t8?,10?,11?,12-,14+,15-/m0/s1. The molecule has 3 heteroatoms. The molecule has 1 spiro atoms. The molecule has 2 aliphatic carbocycles. The first kappa shape index (κ1) is 11.0. The summed E-state index contributed by atoms with van der Waals surface area (Å²) < 4.78 is 11.7. The molecule has 0 aromatic rings. The number of carbonyl (C=O) groups is 1. The molecule has 2 saturated carbocycles. The number of esters is 1. The van der Waals surface area contributed by atoms with Crippen molar-refractivity contribution in [3.63, 3.8) is 0 Å². The van der Waals surface area contributed by atoms with Crippen LogP contribution in [0.25, 0.3) is 0 Å². The van der Waals surface area contributed by atoms with Crippen LogP contribution in [0.3, 0.4) is 0 Å². The summed E-state index contributed by atoms with van der Waals surface area (Å²) in [7, 11) is 0. The Bertz CT molecular complexity index is 457. The molecule has 6 atom stereocenters. The van der Waals surface area contributed by atoms with Crippen LogP contribution < -0.4 is 0 Å². The summed E-state index contributed by atoms with van der Waals surface area (Å²) in [5, 5.41) is 0. The molecule has 3 nitrogen and oxygen atoms in total. The molecule has 0 amide bonds. The molecule has 4 rings (SSSR count). The molecule has 0 bridgehead atoms. The first-order valence-corrected chi connectivity index (χ1v) is 7.07.